The first-order valence-electron chi connectivity index (χ1n) is 4.47. The molecule has 2 N–H and O–H groups in total. The fourth-order valence-corrected chi connectivity index (χ4v) is 1.55. The highest BCUT2D eigenvalue weighted by atomic mass is 32.2. The van der Waals surface area contributed by atoms with Crippen LogP contribution in [0, 0.1) is 0 Å². The molecule has 86 valence electrons. The molecule has 0 heterocycles. The third kappa shape index (κ3) is 13.1. The van der Waals surface area contributed by atoms with Crippen molar-refractivity contribution in [2.45, 2.75) is 26.3 Å². The van der Waals surface area contributed by atoms with E-state index in [0.717, 1.165) is 0 Å². The first-order valence-corrected chi connectivity index (χ1v) is 5.91. The first kappa shape index (κ1) is 14.1. The predicted octanol–water partition coefficient (Wildman–Crippen LogP) is 1.86. The van der Waals surface area contributed by atoms with Crippen molar-refractivity contribution < 1.29 is 13.0 Å². The molecule has 0 aliphatic rings. The van der Waals surface area contributed by atoms with Crippen LogP contribution in [-0.2, 0) is 10.3 Å². The molecule has 0 aromatic heterocycles. The van der Waals surface area contributed by atoms with Crippen LogP contribution in [0.15, 0.2) is 36.4 Å². The summed E-state index contributed by atoms with van der Waals surface area (Å²) in [4.78, 5) is 0. The third-order valence-corrected chi connectivity index (χ3v) is 1.97. The van der Waals surface area contributed by atoms with Crippen LogP contribution in [0.25, 0.3) is 0 Å². The highest BCUT2D eigenvalue weighted by Crippen LogP contribution is 1.99. The van der Waals surface area contributed by atoms with Gasteiger partial charge in [-0.05, 0) is 20.8 Å². The van der Waals surface area contributed by atoms with Crippen LogP contribution >= 0.6 is 0 Å². The second-order valence-electron chi connectivity index (χ2n) is 3.98. The smallest absolute Gasteiger partial charge is 0.273 e. The molecule has 0 atom stereocenters. The van der Waals surface area contributed by atoms with Gasteiger partial charge in [0, 0.05) is 5.54 Å². The number of benzene rings is 1. The van der Waals surface area contributed by atoms with Crippen molar-refractivity contribution in [2.75, 3.05) is 0 Å². The Morgan fingerprint density at radius 2 is 1.20 bits per heavy atom. The Morgan fingerprint density at radius 3 is 1.27 bits per heavy atom. The molecular weight excluding hydrogens is 214 g/mol. The molecule has 15 heavy (non-hydrogen) atoms. The normalized spacial score (nSPS) is 11.5. The monoisotopic (exact) mass is 231 g/mol. The van der Waals surface area contributed by atoms with Gasteiger partial charge >= 0.3 is 10.3 Å². The van der Waals surface area contributed by atoms with Gasteiger partial charge in [-0.3, -0.25) is 4.55 Å². The zero-order valence-electron chi connectivity index (χ0n) is 9.14. The molecule has 0 fully saturated rings. The van der Waals surface area contributed by atoms with E-state index < -0.39 is 15.8 Å². The highest BCUT2D eigenvalue weighted by molar-refractivity contribution is 7.83. The van der Waals surface area contributed by atoms with Gasteiger partial charge < -0.3 is 0 Å². The Morgan fingerprint density at radius 1 is 0.933 bits per heavy atom. The van der Waals surface area contributed by atoms with E-state index in [9.17, 15) is 8.42 Å². The predicted molar refractivity (Wildman–Crippen MR) is 60.9 cm³/mol. The number of rotatable bonds is 1. The zero-order chi connectivity index (χ0) is 11.9. The molecule has 1 aromatic carbocycles. The fraction of sp³-hybridized carbons (Fsp3) is 0.400. The fourth-order valence-electron chi connectivity index (χ4n) is 0.772. The average molecular weight is 231 g/mol. The maximum absolute atomic E-state index is 10.1. The van der Waals surface area contributed by atoms with E-state index in [1.165, 1.54) is 0 Å². The Bertz CT molecular complexity index is 327. The van der Waals surface area contributed by atoms with Gasteiger partial charge in [-0.1, -0.05) is 36.4 Å². The standard InChI is InChI=1S/C6H6.C4H11NO3S/c1-2-4-6-5-3-1;1-4(2,3)5-9(6,7)8/h1-6H;5H,1-3H3,(H,6,7,8). The van der Waals surface area contributed by atoms with Gasteiger partial charge in [0.25, 0.3) is 0 Å². The minimum Gasteiger partial charge on any atom is -0.273 e. The molecule has 0 spiro atoms. The number of nitrogens with one attached hydrogen (secondary N) is 1. The lowest BCUT2D eigenvalue weighted by atomic mass is 10.1. The molecule has 0 aliphatic heterocycles. The van der Waals surface area contributed by atoms with Crippen molar-refractivity contribution in [3.8, 4) is 0 Å². The lowest BCUT2D eigenvalue weighted by molar-refractivity contribution is 0.424. The Hall–Kier alpha value is -0.910. The van der Waals surface area contributed by atoms with Gasteiger partial charge in [0.05, 0.1) is 0 Å². The summed E-state index contributed by atoms with van der Waals surface area (Å²) in [7, 11) is -4.03. The van der Waals surface area contributed by atoms with Gasteiger partial charge in [-0.2, -0.15) is 13.1 Å². The largest absolute Gasteiger partial charge is 0.333 e. The molecule has 1 aromatic rings. The van der Waals surface area contributed by atoms with Crippen LogP contribution < -0.4 is 4.72 Å². The molecule has 0 aliphatic carbocycles. The molecule has 0 unspecified atom stereocenters. The molecule has 0 saturated carbocycles. The molecule has 0 bridgehead atoms. The van der Waals surface area contributed by atoms with Gasteiger partial charge in [0.2, 0.25) is 0 Å². The summed E-state index contributed by atoms with van der Waals surface area (Å²) < 4.78 is 30.4. The Labute approximate surface area is 91.2 Å². The van der Waals surface area contributed by atoms with Crippen molar-refractivity contribution in [1.29, 1.82) is 0 Å². The zero-order valence-corrected chi connectivity index (χ0v) is 9.95. The van der Waals surface area contributed by atoms with Gasteiger partial charge in [-0.15, -0.1) is 0 Å². The number of hydrogen-bond donors (Lipinski definition) is 2. The number of hydrogen-bond acceptors (Lipinski definition) is 2. The van der Waals surface area contributed by atoms with Crippen LogP contribution in [0.3, 0.4) is 0 Å². The van der Waals surface area contributed by atoms with E-state index in [1.807, 2.05) is 41.1 Å². The average Bonchev–Trinajstić information content (AvgIpc) is 2.01. The minimum atomic E-state index is -4.03. The summed E-state index contributed by atoms with van der Waals surface area (Å²) in [5.41, 5.74) is -0.604. The molecule has 0 saturated heterocycles. The molecule has 0 radical (unpaired) electrons. The van der Waals surface area contributed by atoms with Crippen LogP contribution in [0.4, 0.5) is 0 Å². The van der Waals surface area contributed by atoms with E-state index in [2.05, 4.69) is 0 Å². The van der Waals surface area contributed by atoms with Gasteiger partial charge in [-0.25, -0.2) is 0 Å². The third-order valence-electron chi connectivity index (χ3n) is 1.10. The van der Waals surface area contributed by atoms with E-state index in [0.29, 0.717) is 0 Å². The lowest BCUT2D eigenvalue weighted by Gasteiger charge is -2.16. The summed E-state index contributed by atoms with van der Waals surface area (Å²) >= 11 is 0. The Balaban J connectivity index is 0.000000280. The lowest BCUT2D eigenvalue weighted by Crippen LogP contribution is -2.39. The topological polar surface area (TPSA) is 66.4 Å². The van der Waals surface area contributed by atoms with Crippen LogP contribution in [0.1, 0.15) is 20.8 Å². The van der Waals surface area contributed by atoms with Crippen molar-refractivity contribution in [3.05, 3.63) is 36.4 Å². The van der Waals surface area contributed by atoms with Crippen molar-refractivity contribution in [2.24, 2.45) is 0 Å². The molecular formula is C10H17NO3S. The highest BCUT2D eigenvalue weighted by Gasteiger charge is 2.16. The van der Waals surface area contributed by atoms with Gasteiger partial charge in [0.15, 0.2) is 0 Å². The summed E-state index contributed by atoms with van der Waals surface area (Å²) in [5, 5.41) is 0. The van der Waals surface area contributed by atoms with Crippen molar-refractivity contribution in [1.82, 2.24) is 4.72 Å². The van der Waals surface area contributed by atoms with Crippen molar-refractivity contribution >= 4 is 10.3 Å². The maximum atomic E-state index is 10.1. The SMILES string of the molecule is CC(C)(C)NS(=O)(=O)O.c1ccccc1. The van der Waals surface area contributed by atoms with Crippen LogP contribution in [-0.4, -0.2) is 18.5 Å². The van der Waals surface area contributed by atoms with Crippen LogP contribution in [0.5, 0.6) is 0 Å². The molecule has 1 rings (SSSR count). The first-order chi connectivity index (χ1) is 6.71. The van der Waals surface area contributed by atoms with E-state index >= 15 is 0 Å². The van der Waals surface area contributed by atoms with E-state index in [4.69, 9.17) is 4.55 Å². The molecule has 0 amide bonds. The Kier molecular flexibility index (Phi) is 5.49. The van der Waals surface area contributed by atoms with E-state index in [1.54, 1.807) is 20.8 Å². The summed E-state index contributed by atoms with van der Waals surface area (Å²) in [6.07, 6.45) is 0. The summed E-state index contributed by atoms with van der Waals surface area (Å²) in [6, 6.07) is 12.0. The quantitative estimate of drug-likeness (QED) is 0.725. The molecule has 5 heteroatoms. The molecule has 4 nitrogen and oxygen atoms in total. The van der Waals surface area contributed by atoms with Gasteiger partial charge in [0.1, 0.15) is 0 Å². The second-order valence-corrected chi connectivity index (χ2v) is 5.14. The van der Waals surface area contributed by atoms with Crippen LogP contribution in [0.2, 0.25) is 0 Å². The van der Waals surface area contributed by atoms with E-state index in [-0.39, 0.29) is 0 Å². The summed E-state index contributed by atoms with van der Waals surface area (Å²) in [5.74, 6) is 0. The van der Waals surface area contributed by atoms with Crippen molar-refractivity contribution in [3.63, 3.8) is 0 Å². The summed E-state index contributed by atoms with van der Waals surface area (Å²) in [6.45, 7) is 4.92. The minimum absolute atomic E-state index is 0.604. The maximum Gasteiger partial charge on any atom is 0.333 e. The second kappa shape index (κ2) is 5.85.